The Morgan fingerprint density at radius 1 is 1.03 bits per heavy atom. The Labute approximate surface area is 178 Å². The second-order valence-corrected chi connectivity index (χ2v) is 7.05. The third-order valence-corrected chi connectivity index (χ3v) is 5.27. The normalized spacial score (nSPS) is 16.0. The molecule has 2 aromatic rings. The minimum absolute atomic E-state index is 0.0535. The van der Waals surface area contributed by atoms with E-state index in [-0.39, 0.29) is 18.6 Å². The zero-order valence-corrected chi connectivity index (χ0v) is 18.0. The Balaban J connectivity index is 1.74. The number of allylic oxidation sites excluding steroid dienone is 1. The number of methoxy groups -OCH3 is 3. The first-order chi connectivity index (χ1) is 14.6. The number of likely N-dealkylation sites (tertiary alicyclic amines) is 1. The monoisotopic (exact) mass is 411 g/mol. The van der Waals surface area contributed by atoms with Crippen LogP contribution in [0.4, 0.5) is 0 Å². The molecule has 3 rings (SSSR count). The lowest BCUT2D eigenvalue weighted by Crippen LogP contribution is -2.34. The molecule has 0 N–H and O–H groups in total. The van der Waals surface area contributed by atoms with E-state index in [1.54, 1.807) is 21.3 Å². The van der Waals surface area contributed by atoms with E-state index in [1.807, 2.05) is 60.4 Å². The summed E-state index contributed by atoms with van der Waals surface area (Å²) in [6, 6.07) is 11.3. The van der Waals surface area contributed by atoms with Gasteiger partial charge in [0, 0.05) is 12.1 Å². The number of ether oxygens (including phenoxy) is 4. The van der Waals surface area contributed by atoms with Crippen molar-refractivity contribution in [1.82, 2.24) is 4.90 Å². The fraction of sp³-hybridized carbons (Fsp3) is 0.375. The van der Waals surface area contributed by atoms with Gasteiger partial charge < -0.3 is 23.8 Å². The van der Waals surface area contributed by atoms with Gasteiger partial charge in [-0.2, -0.15) is 0 Å². The zero-order valence-electron chi connectivity index (χ0n) is 18.0. The molecule has 1 atom stereocenters. The van der Waals surface area contributed by atoms with Gasteiger partial charge in [0.15, 0.2) is 18.1 Å². The lowest BCUT2D eigenvalue weighted by molar-refractivity contribution is -0.134. The van der Waals surface area contributed by atoms with Crippen LogP contribution in [0.2, 0.25) is 0 Å². The fourth-order valence-electron chi connectivity index (χ4n) is 3.81. The SMILES string of the molecule is C/C=C/c1ccc(OCC(=O)N2CCCC2c2cc(OC)ccc2OC)c(OC)c1. The molecule has 1 fully saturated rings. The summed E-state index contributed by atoms with van der Waals surface area (Å²) in [7, 11) is 4.86. The van der Waals surface area contributed by atoms with Crippen LogP contribution < -0.4 is 18.9 Å². The van der Waals surface area contributed by atoms with Gasteiger partial charge in [0.25, 0.3) is 5.91 Å². The first-order valence-electron chi connectivity index (χ1n) is 10.1. The molecule has 160 valence electrons. The third kappa shape index (κ3) is 4.70. The molecule has 1 heterocycles. The molecule has 0 aliphatic carbocycles. The van der Waals surface area contributed by atoms with E-state index >= 15 is 0 Å². The number of carbonyl (C=O) groups is 1. The van der Waals surface area contributed by atoms with Crippen LogP contribution in [0.15, 0.2) is 42.5 Å². The highest BCUT2D eigenvalue weighted by Gasteiger charge is 2.32. The maximum absolute atomic E-state index is 13.0. The van der Waals surface area contributed by atoms with E-state index in [2.05, 4.69) is 0 Å². The van der Waals surface area contributed by atoms with Gasteiger partial charge >= 0.3 is 0 Å². The number of hydrogen-bond donors (Lipinski definition) is 0. The van der Waals surface area contributed by atoms with E-state index in [0.717, 1.165) is 35.5 Å². The lowest BCUT2D eigenvalue weighted by Gasteiger charge is -2.27. The number of benzene rings is 2. The van der Waals surface area contributed by atoms with E-state index < -0.39 is 0 Å². The summed E-state index contributed by atoms with van der Waals surface area (Å²) in [5.41, 5.74) is 1.97. The van der Waals surface area contributed by atoms with Crippen molar-refractivity contribution in [3.63, 3.8) is 0 Å². The van der Waals surface area contributed by atoms with Crippen LogP contribution in [-0.2, 0) is 4.79 Å². The summed E-state index contributed by atoms with van der Waals surface area (Å²) in [5.74, 6) is 2.58. The van der Waals surface area contributed by atoms with Crippen molar-refractivity contribution in [2.45, 2.75) is 25.8 Å². The molecular formula is C24H29NO5. The largest absolute Gasteiger partial charge is 0.497 e. The Morgan fingerprint density at radius 2 is 1.80 bits per heavy atom. The average molecular weight is 411 g/mol. The smallest absolute Gasteiger partial charge is 0.261 e. The van der Waals surface area contributed by atoms with Crippen LogP contribution in [0.1, 0.15) is 36.9 Å². The maximum atomic E-state index is 13.0. The summed E-state index contributed by atoms with van der Waals surface area (Å²) < 4.78 is 22.1. The third-order valence-electron chi connectivity index (χ3n) is 5.27. The summed E-state index contributed by atoms with van der Waals surface area (Å²) >= 11 is 0. The van der Waals surface area contributed by atoms with Crippen LogP contribution in [0.3, 0.4) is 0 Å². The number of carbonyl (C=O) groups excluding carboxylic acids is 1. The highest BCUT2D eigenvalue weighted by Crippen LogP contribution is 2.39. The van der Waals surface area contributed by atoms with Gasteiger partial charge in [-0.3, -0.25) is 4.79 Å². The molecule has 0 spiro atoms. The van der Waals surface area contributed by atoms with Crippen molar-refractivity contribution in [2.24, 2.45) is 0 Å². The van der Waals surface area contributed by atoms with Crippen LogP contribution in [0, 0.1) is 0 Å². The number of hydrogen-bond acceptors (Lipinski definition) is 5. The Hall–Kier alpha value is -3.15. The van der Waals surface area contributed by atoms with Crippen molar-refractivity contribution in [1.29, 1.82) is 0 Å². The summed E-state index contributed by atoms with van der Waals surface area (Å²) in [6.45, 7) is 2.59. The van der Waals surface area contributed by atoms with Crippen LogP contribution in [-0.4, -0.2) is 45.3 Å². The molecule has 1 unspecified atom stereocenters. The van der Waals surface area contributed by atoms with E-state index in [1.165, 1.54) is 0 Å². The Bertz CT molecular complexity index is 908. The molecule has 1 amide bonds. The first kappa shape index (κ1) is 21.6. The molecule has 0 aromatic heterocycles. The highest BCUT2D eigenvalue weighted by atomic mass is 16.5. The minimum atomic E-state index is -0.0676. The van der Waals surface area contributed by atoms with Gasteiger partial charge in [-0.1, -0.05) is 18.2 Å². The minimum Gasteiger partial charge on any atom is -0.497 e. The first-order valence-corrected chi connectivity index (χ1v) is 10.1. The second kappa shape index (κ2) is 10.1. The van der Waals surface area contributed by atoms with Crippen molar-refractivity contribution in [3.8, 4) is 23.0 Å². The molecule has 0 radical (unpaired) electrons. The van der Waals surface area contributed by atoms with Crippen molar-refractivity contribution < 1.29 is 23.7 Å². The average Bonchev–Trinajstić information content (AvgIpc) is 3.27. The molecule has 0 bridgehead atoms. The van der Waals surface area contributed by atoms with E-state index in [9.17, 15) is 4.79 Å². The summed E-state index contributed by atoms with van der Waals surface area (Å²) in [6.07, 6.45) is 5.74. The van der Waals surface area contributed by atoms with Gasteiger partial charge in [0.1, 0.15) is 11.5 Å². The molecule has 0 saturated carbocycles. The summed E-state index contributed by atoms with van der Waals surface area (Å²) in [4.78, 5) is 14.9. The quantitative estimate of drug-likeness (QED) is 0.641. The van der Waals surface area contributed by atoms with Crippen LogP contribution in [0.25, 0.3) is 6.08 Å². The molecule has 2 aromatic carbocycles. The van der Waals surface area contributed by atoms with Gasteiger partial charge in [-0.15, -0.1) is 0 Å². The molecule has 1 saturated heterocycles. The van der Waals surface area contributed by atoms with Gasteiger partial charge in [0.05, 0.1) is 27.4 Å². The maximum Gasteiger partial charge on any atom is 0.261 e. The fourth-order valence-corrected chi connectivity index (χ4v) is 3.81. The lowest BCUT2D eigenvalue weighted by atomic mass is 10.0. The van der Waals surface area contributed by atoms with Gasteiger partial charge in [-0.05, 0) is 55.7 Å². The molecule has 1 aliphatic heterocycles. The van der Waals surface area contributed by atoms with Crippen LogP contribution >= 0.6 is 0 Å². The van der Waals surface area contributed by atoms with Crippen molar-refractivity contribution >= 4 is 12.0 Å². The zero-order chi connectivity index (χ0) is 21.5. The molecule has 6 heteroatoms. The Kier molecular flexibility index (Phi) is 7.22. The molecule has 6 nitrogen and oxygen atoms in total. The predicted octanol–water partition coefficient (Wildman–Crippen LogP) is 4.49. The van der Waals surface area contributed by atoms with Crippen molar-refractivity contribution in [2.75, 3.05) is 34.5 Å². The standard InChI is InChI=1S/C24H29NO5/c1-5-7-17-9-11-22(23(14-17)29-4)30-16-24(26)25-13-6-8-20(25)19-15-18(27-2)10-12-21(19)28-3/h5,7,9-12,14-15,20H,6,8,13,16H2,1-4H3/b7-5+. The van der Waals surface area contributed by atoms with Gasteiger partial charge in [0.2, 0.25) is 0 Å². The number of rotatable bonds is 8. The number of nitrogens with zero attached hydrogens (tertiary/aromatic N) is 1. The summed E-state index contributed by atoms with van der Waals surface area (Å²) in [5, 5.41) is 0. The van der Waals surface area contributed by atoms with E-state index in [0.29, 0.717) is 18.0 Å². The molecule has 30 heavy (non-hydrogen) atoms. The highest BCUT2D eigenvalue weighted by molar-refractivity contribution is 5.79. The number of amides is 1. The molecular weight excluding hydrogens is 382 g/mol. The molecule has 1 aliphatic rings. The van der Waals surface area contributed by atoms with Gasteiger partial charge in [-0.25, -0.2) is 0 Å². The van der Waals surface area contributed by atoms with Crippen LogP contribution in [0.5, 0.6) is 23.0 Å². The Morgan fingerprint density at radius 3 is 2.50 bits per heavy atom. The predicted molar refractivity (Wildman–Crippen MR) is 116 cm³/mol. The topological polar surface area (TPSA) is 57.2 Å². The second-order valence-electron chi connectivity index (χ2n) is 7.05. The van der Waals surface area contributed by atoms with E-state index in [4.69, 9.17) is 18.9 Å². The van der Waals surface area contributed by atoms with Crippen molar-refractivity contribution in [3.05, 3.63) is 53.6 Å².